The Morgan fingerprint density at radius 1 is 1.10 bits per heavy atom. The largest absolute Gasteiger partial charge is 0.416 e. The predicted octanol–water partition coefficient (Wildman–Crippen LogP) is 4.54. The molecule has 0 spiro atoms. The van der Waals surface area contributed by atoms with E-state index in [-0.39, 0.29) is 31.2 Å². The molecule has 0 bridgehead atoms. The molecule has 226 valence electrons. The van der Waals surface area contributed by atoms with Crippen molar-refractivity contribution in [3.05, 3.63) is 64.5 Å². The number of carbonyl (C=O) groups is 3. The molecule has 1 aromatic heterocycles. The number of rotatable bonds is 8. The van der Waals surface area contributed by atoms with Crippen LogP contribution in [0.15, 0.2) is 36.4 Å². The third-order valence-electron chi connectivity index (χ3n) is 9.36. The number of nitrogens with zero attached hydrogens (tertiary/aromatic N) is 3. The van der Waals surface area contributed by atoms with Crippen LogP contribution in [0.1, 0.15) is 91.7 Å². The molecular formula is C31H37F3N4O4. The molecule has 3 aliphatic rings. The number of amides is 3. The fourth-order valence-electron chi connectivity index (χ4n) is 6.86. The fraction of sp³-hybridized carbons (Fsp3) is 0.548. The zero-order chi connectivity index (χ0) is 30.3. The van der Waals surface area contributed by atoms with Gasteiger partial charge in [0, 0.05) is 31.5 Å². The van der Waals surface area contributed by atoms with Crippen LogP contribution in [0.5, 0.6) is 0 Å². The molecule has 2 N–H and O–H groups in total. The van der Waals surface area contributed by atoms with Crippen molar-refractivity contribution >= 4 is 17.7 Å². The van der Waals surface area contributed by atoms with Crippen molar-refractivity contribution in [2.75, 3.05) is 13.1 Å². The van der Waals surface area contributed by atoms with Gasteiger partial charge in [-0.3, -0.25) is 29.6 Å². The lowest BCUT2D eigenvalue weighted by atomic mass is 9.61. The minimum absolute atomic E-state index is 0.124. The molecule has 0 saturated carbocycles. The zero-order valence-corrected chi connectivity index (χ0v) is 24.0. The molecule has 2 aromatic rings. The molecule has 1 aromatic carbocycles. The highest BCUT2D eigenvalue weighted by Crippen LogP contribution is 2.51. The number of piperidine rings is 2. The number of likely N-dealkylation sites (tertiary alicyclic amines) is 1. The summed E-state index contributed by atoms with van der Waals surface area (Å²) in [5.74, 6) is -1.16. The van der Waals surface area contributed by atoms with Gasteiger partial charge in [-0.2, -0.15) is 13.2 Å². The van der Waals surface area contributed by atoms with Gasteiger partial charge in [0.1, 0.15) is 11.6 Å². The van der Waals surface area contributed by atoms with E-state index in [0.717, 1.165) is 37.0 Å². The van der Waals surface area contributed by atoms with Gasteiger partial charge in [0.25, 0.3) is 5.91 Å². The summed E-state index contributed by atoms with van der Waals surface area (Å²) in [4.78, 5) is 45.7. The van der Waals surface area contributed by atoms with Crippen LogP contribution in [0.3, 0.4) is 0 Å². The second-order valence-electron chi connectivity index (χ2n) is 11.8. The lowest BCUT2D eigenvalue weighted by Crippen LogP contribution is -2.58. The summed E-state index contributed by atoms with van der Waals surface area (Å²) in [6.45, 7) is 5.79. The first kappa shape index (κ1) is 30.2. The Bertz CT molecular complexity index is 1360. The van der Waals surface area contributed by atoms with Crippen LogP contribution in [0.4, 0.5) is 13.2 Å². The number of hydrogen-bond donors (Lipinski definition) is 2. The van der Waals surface area contributed by atoms with Crippen molar-refractivity contribution in [3.8, 4) is 0 Å². The smallest absolute Gasteiger partial charge is 0.383 e. The van der Waals surface area contributed by atoms with Gasteiger partial charge in [0.15, 0.2) is 0 Å². The van der Waals surface area contributed by atoms with Crippen LogP contribution in [0.25, 0.3) is 0 Å². The Morgan fingerprint density at radius 2 is 1.83 bits per heavy atom. The van der Waals surface area contributed by atoms with Gasteiger partial charge >= 0.3 is 6.18 Å². The maximum Gasteiger partial charge on any atom is 0.416 e. The van der Waals surface area contributed by atoms with E-state index in [9.17, 15) is 32.7 Å². The molecule has 4 heterocycles. The number of aromatic nitrogens is 1. The van der Waals surface area contributed by atoms with E-state index in [4.69, 9.17) is 4.98 Å². The summed E-state index contributed by atoms with van der Waals surface area (Å²) in [5, 5.41) is 14.8. The number of imide groups is 1. The highest BCUT2D eigenvalue weighted by atomic mass is 19.4. The van der Waals surface area contributed by atoms with Crippen molar-refractivity contribution in [1.29, 1.82) is 0 Å². The van der Waals surface area contributed by atoms with Crippen LogP contribution in [0, 0.1) is 5.41 Å². The van der Waals surface area contributed by atoms with Gasteiger partial charge in [0.2, 0.25) is 11.8 Å². The third kappa shape index (κ3) is 5.44. The number of alkyl halides is 3. The van der Waals surface area contributed by atoms with Gasteiger partial charge in [-0.15, -0.1) is 0 Å². The number of nitrogens with one attached hydrogen (secondary N) is 1. The Kier molecular flexibility index (Phi) is 8.19. The minimum atomic E-state index is -4.38. The molecule has 8 nitrogen and oxygen atoms in total. The maximum absolute atomic E-state index is 13.2. The van der Waals surface area contributed by atoms with Gasteiger partial charge < -0.3 is 10.0 Å². The van der Waals surface area contributed by atoms with E-state index in [0.29, 0.717) is 49.4 Å². The topological polar surface area (TPSA) is 103 Å². The summed E-state index contributed by atoms with van der Waals surface area (Å²) >= 11 is 0. The monoisotopic (exact) mass is 586 g/mol. The Balaban J connectivity index is 1.40. The molecule has 1 unspecified atom stereocenters. The van der Waals surface area contributed by atoms with Crippen LogP contribution in [-0.4, -0.2) is 56.7 Å². The highest BCUT2D eigenvalue weighted by molar-refractivity contribution is 6.05. The van der Waals surface area contributed by atoms with Gasteiger partial charge in [0.05, 0.1) is 29.1 Å². The quantitative estimate of drug-likeness (QED) is 0.441. The van der Waals surface area contributed by atoms with Gasteiger partial charge in [-0.05, 0) is 55.5 Å². The van der Waals surface area contributed by atoms with Crippen molar-refractivity contribution in [2.45, 2.75) is 89.7 Å². The minimum Gasteiger partial charge on any atom is -0.383 e. The van der Waals surface area contributed by atoms with Crippen LogP contribution in [-0.2, 0) is 34.5 Å². The molecule has 3 atom stereocenters. The Hall–Kier alpha value is -3.31. The van der Waals surface area contributed by atoms with Crippen molar-refractivity contribution in [2.24, 2.45) is 5.41 Å². The van der Waals surface area contributed by atoms with Gasteiger partial charge in [-0.25, -0.2) is 0 Å². The van der Waals surface area contributed by atoms with Crippen LogP contribution in [0.2, 0.25) is 0 Å². The van der Waals surface area contributed by atoms with E-state index in [1.807, 2.05) is 6.92 Å². The number of fused-ring (bicyclic) bond motifs is 1. The summed E-state index contributed by atoms with van der Waals surface area (Å²) in [6.07, 6.45) is -0.375. The molecular weight excluding hydrogens is 549 g/mol. The molecule has 0 radical (unpaired) electrons. The van der Waals surface area contributed by atoms with Crippen LogP contribution >= 0.6 is 0 Å². The maximum atomic E-state index is 13.2. The van der Waals surface area contributed by atoms with Crippen LogP contribution < -0.4 is 5.32 Å². The van der Waals surface area contributed by atoms with E-state index in [1.54, 1.807) is 12.1 Å². The number of hydrogen-bond acceptors (Lipinski definition) is 6. The lowest BCUT2D eigenvalue weighted by Gasteiger charge is -2.53. The first-order valence-electron chi connectivity index (χ1n) is 14.7. The number of pyridine rings is 1. The first-order chi connectivity index (χ1) is 19.9. The van der Waals surface area contributed by atoms with Gasteiger partial charge in [-0.1, -0.05) is 38.8 Å². The average Bonchev–Trinajstić information content (AvgIpc) is 3.28. The highest BCUT2D eigenvalue weighted by Gasteiger charge is 2.54. The lowest BCUT2D eigenvalue weighted by molar-refractivity contribution is -0.154. The standard InChI is InChI=1S/C31H37F3N4O4/c1-3-5-14-29(4-2)19-37(17-20-6-8-21(9-7-20)31(32,33)34)16-15-30(29,42)25-12-10-22-23(35-25)18-38(28(22)41)24-11-13-26(39)36-27(24)40/h6-10,12,24,42H,3-5,11,13-19H2,1-2H3,(H,36,39,40)/t24-,29?,30+/m1/s1. The number of carbonyl (C=O) groups excluding carboxylic acids is 3. The molecule has 3 amide bonds. The average molecular weight is 587 g/mol. The molecule has 2 saturated heterocycles. The van der Waals surface area contributed by atoms with Crippen molar-refractivity contribution in [3.63, 3.8) is 0 Å². The summed E-state index contributed by atoms with van der Waals surface area (Å²) < 4.78 is 39.1. The normalized spacial score (nSPS) is 26.9. The fourth-order valence-corrected chi connectivity index (χ4v) is 6.86. The Morgan fingerprint density at radius 3 is 2.48 bits per heavy atom. The Labute approximate surface area is 243 Å². The summed E-state index contributed by atoms with van der Waals surface area (Å²) in [7, 11) is 0. The predicted molar refractivity (Wildman–Crippen MR) is 148 cm³/mol. The number of halogens is 3. The molecule has 0 aliphatic carbocycles. The number of unbranched alkanes of at least 4 members (excludes halogenated alkanes) is 1. The third-order valence-corrected chi connectivity index (χ3v) is 9.36. The molecule has 3 aliphatic heterocycles. The zero-order valence-electron chi connectivity index (χ0n) is 24.0. The molecule has 2 fully saturated rings. The molecule has 42 heavy (non-hydrogen) atoms. The number of benzene rings is 1. The van der Waals surface area contributed by atoms with E-state index in [1.165, 1.54) is 17.0 Å². The van der Waals surface area contributed by atoms with Crippen molar-refractivity contribution in [1.82, 2.24) is 20.1 Å². The summed E-state index contributed by atoms with van der Waals surface area (Å²) in [6, 6.07) is 7.88. The second kappa shape index (κ2) is 11.4. The van der Waals surface area contributed by atoms with Crippen molar-refractivity contribution < 1.29 is 32.7 Å². The SMILES string of the molecule is CCCCC1(CC)CN(Cc2ccc(C(F)(F)F)cc2)CC[C@]1(O)c1ccc2c(n1)CN([C@@H]1CCC(=O)NC1=O)C2=O. The molecule has 11 heteroatoms. The molecule has 5 rings (SSSR count). The first-order valence-corrected chi connectivity index (χ1v) is 14.7. The summed E-state index contributed by atoms with van der Waals surface area (Å²) in [5.41, 5.74) is -0.371. The second-order valence-corrected chi connectivity index (χ2v) is 11.8. The van der Waals surface area contributed by atoms with E-state index < -0.39 is 34.7 Å². The van der Waals surface area contributed by atoms with E-state index >= 15 is 0 Å². The van der Waals surface area contributed by atoms with E-state index in [2.05, 4.69) is 17.1 Å². The number of aliphatic hydroxyl groups is 1.